The zero-order chi connectivity index (χ0) is 13.0. The van der Waals surface area contributed by atoms with Gasteiger partial charge in [0.15, 0.2) is 0 Å². The fraction of sp³-hybridized carbons (Fsp3) is 0.357. The molecule has 0 spiro atoms. The molecule has 1 heterocycles. The molecule has 0 aliphatic heterocycles. The van der Waals surface area contributed by atoms with Crippen LogP contribution in [0.2, 0.25) is 0 Å². The lowest BCUT2D eigenvalue weighted by Gasteiger charge is -2.01. The third-order valence-corrected chi connectivity index (χ3v) is 3.91. The van der Waals surface area contributed by atoms with E-state index < -0.39 is 0 Å². The van der Waals surface area contributed by atoms with Crippen LogP contribution in [0.3, 0.4) is 0 Å². The molecule has 1 aromatic carbocycles. The highest BCUT2D eigenvalue weighted by Gasteiger charge is 2.11. The summed E-state index contributed by atoms with van der Waals surface area (Å²) in [6.45, 7) is 3.02. The maximum Gasteiger partial charge on any atom is 0.124 e. The maximum absolute atomic E-state index is 5.25. The number of benzene rings is 1. The summed E-state index contributed by atoms with van der Waals surface area (Å²) in [5.74, 6) is 0.871. The first-order chi connectivity index (χ1) is 8.78. The minimum atomic E-state index is 0.871. The van der Waals surface area contributed by atoms with Crippen LogP contribution in [0, 0.1) is 0 Å². The van der Waals surface area contributed by atoms with Crippen LogP contribution in [0.15, 0.2) is 24.3 Å². The zero-order valence-electron chi connectivity index (χ0n) is 11.0. The minimum Gasteiger partial charge on any atom is -0.497 e. The van der Waals surface area contributed by atoms with Crippen molar-refractivity contribution in [3.05, 3.63) is 34.8 Å². The van der Waals surface area contributed by atoms with Gasteiger partial charge in [0.25, 0.3) is 0 Å². The molecule has 0 aliphatic carbocycles. The van der Waals surface area contributed by atoms with Crippen LogP contribution in [0.5, 0.6) is 5.75 Å². The number of hydrogen-bond donors (Lipinski definition) is 1. The molecule has 18 heavy (non-hydrogen) atoms. The van der Waals surface area contributed by atoms with Crippen molar-refractivity contribution >= 4 is 11.3 Å². The van der Waals surface area contributed by atoms with Crippen molar-refractivity contribution in [2.45, 2.75) is 19.9 Å². The van der Waals surface area contributed by atoms with Crippen LogP contribution in [-0.2, 0) is 13.0 Å². The summed E-state index contributed by atoms with van der Waals surface area (Å²) in [6, 6.07) is 8.05. The molecular weight excluding hydrogens is 244 g/mol. The van der Waals surface area contributed by atoms with Gasteiger partial charge >= 0.3 is 0 Å². The number of aromatic nitrogens is 1. The van der Waals surface area contributed by atoms with Gasteiger partial charge < -0.3 is 10.1 Å². The highest BCUT2D eigenvalue weighted by atomic mass is 32.1. The smallest absolute Gasteiger partial charge is 0.124 e. The van der Waals surface area contributed by atoms with Gasteiger partial charge in [-0.15, -0.1) is 11.3 Å². The van der Waals surface area contributed by atoms with Crippen LogP contribution in [-0.4, -0.2) is 19.1 Å². The predicted molar refractivity (Wildman–Crippen MR) is 76.2 cm³/mol. The van der Waals surface area contributed by atoms with Crippen molar-refractivity contribution in [1.82, 2.24) is 10.3 Å². The summed E-state index contributed by atoms with van der Waals surface area (Å²) in [6.07, 6.45) is 0.970. The second-order valence-electron chi connectivity index (χ2n) is 4.00. The third kappa shape index (κ3) is 2.71. The highest BCUT2D eigenvalue weighted by Crippen LogP contribution is 2.30. The lowest BCUT2D eigenvalue weighted by atomic mass is 10.2. The average Bonchev–Trinajstić information content (AvgIpc) is 2.82. The molecule has 0 bridgehead atoms. The number of methoxy groups -OCH3 is 1. The van der Waals surface area contributed by atoms with Gasteiger partial charge in [-0.3, -0.25) is 0 Å². The second kappa shape index (κ2) is 5.98. The fourth-order valence-electron chi connectivity index (χ4n) is 1.84. The standard InChI is InChI=1S/C14H18N2OS/c1-4-12-13(9-15-2)18-14(16-12)10-6-5-7-11(8-10)17-3/h5-8,15H,4,9H2,1-3H3. The molecule has 0 aliphatic rings. The van der Waals surface area contributed by atoms with Crippen molar-refractivity contribution in [3.63, 3.8) is 0 Å². The van der Waals surface area contributed by atoms with E-state index in [0.29, 0.717) is 0 Å². The number of thiazole rings is 1. The van der Waals surface area contributed by atoms with E-state index in [-0.39, 0.29) is 0 Å². The molecule has 3 nitrogen and oxygen atoms in total. The van der Waals surface area contributed by atoms with Crippen molar-refractivity contribution in [3.8, 4) is 16.3 Å². The van der Waals surface area contributed by atoms with Crippen molar-refractivity contribution in [2.24, 2.45) is 0 Å². The molecule has 2 aromatic rings. The number of aryl methyl sites for hydroxylation is 1. The molecule has 0 unspecified atom stereocenters. The molecule has 2 rings (SSSR count). The monoisotopic (exact) mass is 262 g/mol. The molecule has 1 aromatic heterocycles. The topological polar surface area (TPSA) is 34.1 Å². The van der Waals surface area contributed by atoms with E-state index in [1.54, 1.807) is 18.4 Å². The van der Waals surface area contributed by atoms with E-state index in [9.17, 15) is 0 Å². The zero-order valence-corrected chi connectivity index (χ0v) is 11.8. The lowest BCUT2D eigenvalue weighted by Crippen LogP contribution is -2.05. The molecule has 96 valence electrons. The first-order valence-electron chi connectivity index (χ1n) is 6.06. The molecule has 0 atom stereocenters. The first kappa shape index (κ1) is 13.1. The summed E-state index contributed by atoms with van der Waals surface area (Å²) < 4.78 is 5.25. The van der Waals surface area contributed by atoms with Crippen molar-refractivity contribution in [2.75, 3.05) is 14.2 Å². The normalized spacial score (nSPS) is 10.6. The Morgan fingerprint density at radius 1 is 1.39 bits per heavy atom. The molecule has 1 N–H and O–H groups in total. The van der Waals surface area contributed by atoms with Gasteiger partial charge in [-0.2, -0.15) is 0 Å². The quantitative estimate of drug-likeness (QED) is 0.899. The van der Waals surface area contributed by atoms with E-state index in [0.717, 1.165) is 29.3 Å². The van der Waals surface area contributed by atoms with Gasteiger partial charge in [0, 0.05) is 17.0 Å². The van der Waals surface area contributed by atoms with E-state index in [2.05, 4.69) is 18.3 Å². The SMILES string of the molecule is CCc1nc(-c2cccc(OC)c2)sc1CNC. The van der Waals surface area contributed by atoms with Gasteiger partial charge in [0.05, 0.1) is 12.8 Å². The Morgan fingerprint density at radius 3 is 2.89 bits per heavy atom. The molecule has 0 fully saturated rings. The summed E-state index contributed by atoms with van der Waals surface area (Å²) >= 11 is 1.75. The summed E-state index contributed by atoms with van der Waals surface area (Å²) in [4.78, 5) is 6.03. The van der Waals surface area contributed by atoms with Crippen LogP contribution >= 0.6 is 11.3 Å². The summed E-state index contributed by atoms with van der Waals surface area (Å²) in [5, 5.41) is 4.26. The molecule has 0 radical (unpaired) electrons. The van der Waals surface area contributed by atoms with E-state index >= 15 is 0 Å². The Hall–Kier alpha value is -1.39. The van der Waals surface area contributed by atoms with Gasteiger partial charge in [-0.25, -0.2) is 4.98 Å². The second-order valence-corrected chi connectivity index (χ2v) is 5.09. The number of ether oxygens (including phenoxy) is 1. The summed E-state index contributed by atoms with van der Waals surface area (Å²) in [7, 11) is 3.65. The Balaban J connectivity index is 2.37. The largest absolute Gasteiger partial charge is 0.497 e. The Labute approximate surface area is 112 Å². The molecule has 0 amide bonds. The average molecular weight is 262 g/mol. The van der Waals surface area contributed by atoms with Gasteiger partial charge in [-0.1, -0.05) is 19.1 Å². The molecular formula is C14H18N2OS. The number of hydrogen-bond acceptors (Lipinski definition) is 4. The van der Waals surface area contributed by atoms with Crippen LogP contribution < -0.4 is 10.1 Å². The van der Waals surface area contributed by atoms with E-state index in [1.165, 1.54) is 10.6 Å². The first-order valence-corrected chi connectivity index (χ1v) is 6.87. The van der Waals surface area contributed by atoms with Crippen LogP contribution in [0.4, 0.5) is 0 Å². The Morgan fingerprint density at radius 2 is 2.22 bits per heavy atom. The summed E-state index contributed by atoms with van der Waals surface area (Å²) in [5.41, 5.74) is 2.31. The van der Waals surface area contributed by atoms with Gasteiger partial charge in [-0.05, 0) is 25.6 Å². The number of nitrogens with one attached hydrogen (secondary N) is 1. The highest BCUT2D eigenvalue weighted by molar-refractivity contribution is 7.15. The van der Waals surface area contributed by atoms with E-state index in [1.807, 2.05) is 25.2 Å². The molecule has 0 saturated heterocycles. The van der Waals surface area contributed by atoms with Crippen molar-refractivity contribution < 1.29 is 4.74 Å². The Kier molecular flexibility index (Phi) is 4.33. The lowest BCUT2D eigenvalue weighted by molar-refractivity contribution is 0.415. The Bertz CT molecular complexity index is 522. The fourth-order valence-corrected chi connectivity index (χ4v) is 3.00. The minimum absolute atomic E-state index is 0.871. The van der Waals surface area contributed by atoms with E-state index in [4.69, 9.17) is 9.72 Å². The third-order valence-electron chi connectivity index (χ3n) is 2.77. The molecule has 4 heteroatoms. The number of rotatable bonds is 5. The van der Waals surface area contributed by atoms with Gasteiger partial charge in [0.2, 0.25) is 0 Å². The van der Waals surface area contributed by atoms with Gasteiger partial charge in [0.1, 0.15) is 10.8 Å². The van der Waals surface area contributed by atoms with Crippen molar-refractivity contribution in [1.29, 1.82) is 0 Å². The van der Waals surface area contributed by atoms with Crippen LogP contribution in [0.25, 0.3) is 10.6 Å². The predicted octanol–water partition coefficient (Wildman–Crippen LogP) is 3.10. The number of nitrogens with zero attached hydrogens (tertiary/aromatic N) is 1. The molecule has 0 saturated carbocycles. The van der Waals surface area contributed by atoms with Crippen LogP contribution in [0.1, 0.15) is 17.5 Å². The maximum atomic E-state index is 5.25.